The van der Waals surface area contributed by atoms with Gasteiger partial charge < -0.3 is 9.52 Å². The van der Waals surface area contributed by atoms with Gasteiger partial charge in [0, 0.05) is 6.04 Å². The molecule has 0 amide bonds. The number of nitrogens with zero attached hydrogens (tertiary/aromatic N) is 1. The Balaban J connectivity index is 1.76. The van der Waals surface area contributed by atoms with E-state index in [1.807, 2.05) is 12.1 Å². The number of hydrogen-bond acceptors (Lipinski definition) is 3. The average molecular weight is 235 g/mol. The Labute approximate surface area is 100 Å². The fourth-order valence-electron chi connectivity index (χ4n) is 2.47. The summed E-state index contributed by atoms with van der Waals surface area (Å²) in [6.45, 7) is 0.630. The normalized spacial score (nSPS) is 21.7. The minimum atomic E-state index is -0.675. The van der Waals surface area contributed by atoms with E-state index in [1.165, 1.54) is 0 Å². The Morgan fingerprint density at radius 3 is 2.71 bits per heavy atom. The van der Waals surface area contributed by atoms with Gasteiger partial charge in [-0.15, -0.1) is 0 Å². The summed E-state index contributed by atoms with van der Waals surface area (Å²) in [5, 5.41) is 9.39. The van der Waals surface area contributed by atoms with Crippen molar-refractivity contribution in [1.82, 2.24) is 4.90 Å². The van der Waals surface area contributed by atoms with Gasteiger partial charge in [-0.2, -0.15) is 0 Å². The highest BCUT2D eigenvalue weighted by Crippen LogP contribution is 2.40. The van der Waals surface area contributed by atoms with E-state index in [9.17, 15) is 9.90 Å². The van der Waals surface area contributed by atoms with Crippen molar-refractivity contribution >= 4 is 5.97 Å². The fourth-order valence-corrected chi connectivity index (χ4v) is 2.47. The molecule has 92 valence electrons. The van der Waals surface area contributed by atoms with E-state index < -0.39 is 5.97 Å². The second-order valence-corrected chi connectivity index (χ2v) is 5.10. The number of carboxylic acids is 1. The van der Waals surface area contributed by atoms with Crippen molar-refractivity contribution < 1.29 is 14.3 Å². The molecule has 0 aliphatic heterocycles. The van der Waals surface area contributed by atoms with Crippen molar-refractivity contribution in [2.75, 3.05) is 0 Å². The summed E-state index contributed by atoms with van der Waals surface area (Å²) in [6, 6.07) is 3.91. The summed E-state index contributed by atoms with van der Waals surface area (Å²) in [4.78, 5) is 13.5. The third kappa shape index (κ3) is 2.36. The third-order valence-corrected chi connectivity index (χ3v) is 3.61. The van der Waals surface area contributed by atoms with Crippen LogP contribution in [-0.2, 0) is 11.3 Å². The maximum Gasteiger partial charge on any atom is 0.321 e. The standard InChI is InChI=1S/C13H17NO3/c15-13(16)12(9-3-4-9)14(10-5-6-10)8-11-2-1-7-17-11/h1-2,7,9-10,12H,3-6,8H2,(H,15,16). The van der Waals surface area contributed by atoms with Crippen LogP contribution in [-0.4, -0.2) is 28.1 Å². The maximum atomic E-state index is 11.4. The lowest BCUT2D eigenvalue weighted by molar-refractivity contribution is -0.144. The summed E-state index contributed by atoms with van der Waals surface area (Å²) in [6.07, 6.45) is 6.00. The van der Waals surface area contributed by atoms with Crippen LogP contribution in [0.5, 0.6) is 0 Å². The summed E-state index contributed by atoms with van der Waals surface area (Å²) in [5.41, 5.74) is 0. The van der Waals surface area contributed by atoms with E-state index in [-0.39, 0.29) is 6.04 Å². The molecule has 4 nitrogen and oxygen atoms in total. The zero-order valence-corrected chi connectivity index (χ0v) is 9.71. The van der Waals surface area contributed by atoms with Crippen molar-refractivity contribution in [3.05, 3.63) is 24.2 Å². The van der Waals surface area contributed by atoms with Crippen LogP contribution in [0.15, 0.2) is 22.8 Å². The van der Waals surface area contributed by atoms with Gasteiger partial charge in [-0.1, -0.05) is 0 Å². The number of carbonyl (C=O) groups is 1. The molecule has 1 unspecified atom stereocenters. The first-order valence-electron chi connectivity index (χ1n) is 6.26. The fraction of sp³-hybridized carbons (Fsp3) is 0.615. The quantitative estimate of drug-likeness (QED) is 0.820. The Morgan fingerprint density at radius 1 is 1.47 bits per heavy atom. The van der Waals surface area contributed by atoms with Crippen LogP contribution >= 0.6 is 0 Å². The Kier molecular flexibility index (Phi) is 2.67. The highest BCUT2D eigenvalue weighted by Gasteiger charge is 2.45. The highest BCUT2D eigenvalue weighted by molar-refractivity contribution is 5.74. The minimum Gasteiger partial charge on any atom is -0.480 e. The first-order valence-corrected chi connectivity index (χ1v) is 6.26. The number of aliphatic carboxylic acids is 1. The summed E-state index contributed by atoms with van der Waals surface area (Å²) >= 11 is 0. The molecule has 1 aromatic heterocycles. The zero-order valence-electron chi connectivity index (χ0n) is 9.71. The van der Waals surface area contributed by atoms with Crippen LogP contribution in [0.1, 0.15) is 31.4 Å². The number of rotatable bonds is 6. The van der Waals surface area contributed by atoms with E-state index >= 15 is 0 Å². The predicted octanol–water partition coefficient (Wildman–Crippen LogP) is 2.11. The molecule has 2 aliphatic carbocycles. The van der Waals surface area contributed by atoms with Crippen molar-refractivity contribution in [2.45, 2.75) is 44.3 Å². The van der Waals surface area contributed by atoms with Gasteiger partial charge in [0.15, 0.2) is 0 Å². The SMILES string of the molecule is O=C(O)C(C1CC1)N(Cc1ccco1)C1CC1. The van der Waals surface area contributed by atoms with Gasteiger partial charge >= 0.3 is 5.97 Å². The van der Waals surface area contributed by atoms with Gasteiger partial charge in [-0.3, -0.25) is 9.69 Å². The van der Waals surface area contributed by atoms with E-state index in [0.29, 0.717) is 18.5 Å². The second-order valence-electron chi connectivity index (χ2n) is 5.10. The maximum absolute atomic E-state index is 11.4. The van der Waals surface area contributed by atoms with Crippen molar-refractivity contribution in [1.29, 1.82) is 0 Å². The van der Waals surface area contributed by atoms with Crippen LogP contribution in [0.4, 0.5) is 0 Å². The van der Waals surface area contributed by atoms with E-state index in [4.69, 9.17) is 4.42 Å². The Morgan fingerprint density at radius 2 is 2.24 bits per heavy atom. The molecule has 2 saturated carbocycles. The van der Waals surface area contributed by atoms with Crippen LogP contribution in [0.2, 0.25) is 0 Å². The van der Waals surface area contributed by atoms with Gasteiger partial charge in [0.05, 0.1) is 12.8 Å². The summed E-state index contributed by atoms with van der Waals surface area (Å²) in [7, 11) is 0. The molecule has 1 aromatic rings. The Hall–Kier alpha value is -1.29. The zero-order chi connectivity index (χ0) is 11.8. The van der Waals surface area contributed by atoms with E-state index in [0.717, 1.165) is 31.4 Å². The molecular weight excluding hydrogens is 218 g/mol. The lowest BCUT2D eigenvalue weighted by atomic mass is 10.1. The molecule has 2 aliphatic rings. The lowest BCUT2D eigenvalue weighted by Crippen LogP contribution is -2.43. The minimum absolute atomic E-state index is 0.312. The molecule has 1 atom stereocenters. The van der Waals surface area contributed by atoms with Crippen LogP contribution in [0, 0.1) is 5.92 Å². The van der Waals surface area contributed by atoms with Crippen molar-refractivity contribution in [2.24, 2.45) is 5.92 Å². The molecule has 0 radical (unpaired) electrons. The average Bonchev–Trinajstić information content (AvgIpc) is 3.18. The van der Waals surface area contributed by atoms with Gasteiger partial charge in [-0.05, 0) is 43.7 Å². The predicted molar refractivity (Wildman–Crippen MR) is 61.4 cm³/mol. The second kappa shape index (κ2) is 4.18. The van der Waals surface area contributed by atoms with Crippen molar-refractivity contribution in [3.8, 4) is 0 Å². The first kappa shape index (κ1) is 10.8. The van der Waals surface area contributed by atoms with Gasteiger partial charge in [0.1, 0.15) is 11.8 Å². The van der Waals surface area contributed by atoms with E-state index in [2.05, 4.69) is 4.90 Å². The third-order valence-electron chi connectivity index (χ3n) is 3.61. The summed E-state index contributed by atoms with van der Waals surface area (Å²) in [5.74, 6) is 0.540. The highest BCUT2D eigenvalue weighted by atomic mass is 16.4. The smallest absolute Gasteiger partial charge is 0.321 e. The van der Waals surface area contributed by atoms with Gasteiger partial charge in [-0.25, -0.2) is 0 Å². The number of carboxylic acid groups (broad SMARTS) is 1. The van der Waals surface area contributed by atoms with Crippen LogP contribution in [0.3, 0.4) is 0 Å². The van der Waals surface area contributed by atoms with E-state index in [1.54, 1.807) is 6.26 Å². The molecule has 0 saturated heterocycles. The molecule has 4 heteroatoms. The monoisotopic (exact) mass is 235 g/mol. The Bertz CT molecular complexity index is 393. The molecule has 0 spiro atoms. The van der Waals surface area contributed by atoms with Gasteiger partial charge in [0.2, 0.25) is 0 Å². The molecule has 3 rings (SSSR count). The molecule has 0 bridgehead atoms. The number of hydrogen-bond donors (Lipinski definition) is 1. The molecular formula is C13H17NO3. The molecule has 2 fully saturated rings. The van der Waals surface area contributed by atoms with Crippen molar-refractivity contribution in [3.63, 3.8) is 0 Å². The largest absolute Gasteiger partial charge is 0.480 e. The molecule has 1 heterocycles. The molecule has 17 heavy (non-hydrogen) atoms. The van der Waals surface area contributed by atoms with Crippen LogP contribution < -0.4 is 0 Å². The lowest BCUT2D eigenvalue weighted by Gasteiger charge is -2.28. The van der Waals surface area contributed by atoms with Gasteiger partial charge in [0.25, 0.3) is 0 Å². The van der Waals surface area contributed by atoms with Crippen LogP contribution in [0.25, 0.3) is 0 Å². The first-order chi connectivity index (χ1) is 8.25. The number of furan rings is 1. The molecule has 0 aromatic carbocycles. The summed E-state index contributed by atoms with van der Waals surface area (Å²) < 4.78 is 5.34. The molecule has 1 N–H and O–H groups in total. The topological polar surface area (TPSA) is 53.7 Å².